The first-order valence-corrected chi connectivity index (χ1v) is 6.80. The van der Waals surface area contributed by atoms with E-state index in [1.54, 1.807) is 6.07 Å². The van der Waals surface area contributed by atoms with Crippen molar-refractivity contribution in [2.24, 2.45) is 5.92 Å². The maximum absolute atomic E-state index is 12.1. The van der Waals surface area contributed by atoms with Crippen LogP contribution in [0, 0.1) is 12.8 Å². The number of furan rings is 1. The second-order valence-electron chi connectivity index (χ2n) is 5.35. The van der Waals surface area contributed by atoms with Crippen molar-refractivity contribution >= 4 is 29.3 Å². The van der Waals surface area contributed by atoms with Crippen molar-refractivity contribution in [1.82, 2.24) is 10.6 Å². The van der Waals surface area contributed by atoms with Crippen LogP contribution in [0.1, 0.15) is 16.1 Å². The van der Waals surface area contributed by atoms with Crippen molar-refractivity contribution in [3.8, 4) is 0 Å². The normalized spacial score (nSPS) is 21.2. The second-order valence-corrected chi connectivity index (χ2v) is 5.35. The van der Waals surface area contributed by atoms with E-state index in [2.05, 4.69) is 10.6 Å². The van der Waals surface area contributed by atoms with Crippen LogP contribution in [0.15, 0.2) is 28.7 Å². The summed E-state index contributed by atoms with van der Waals surface area (Å²) in [6.07, 6.45) is -0.395. The monoisotopic (exact) mass is 310 g/mol. The van der Waals surface area contributed by atoms with Crippen molar-refractivity contribution in [2.45, 2.75) is 13.0 Å². The quantitative estimate of drug-likeness (QED) is 0.802. The van der Waals surface area contributed by atoms with Crippen molar-refractivity contribution in [2.75, 3.05) is 19.6 Å². The Morgan fingerprint density at radius 1 is 1.43 bits per heavy atom. The van der Waals surface area contributed by atoms with E-state index < -0.39 is 6.10 Å². The SMILES string of the molecule is Cc1ccc2oc(C(=O)NCC3CNCC3O)cc2c1.Cl. The molecule has 1 aromatic carbocycles. The minimum absolute atomic E-state index is 0. The van der Waals surface area contributed by atoms with Gasteiger partial charge in [-0.1, -0.05) is 11.6 Å². The van der Waals surface area contributed by atoms with Crippen molar-refractivity contribution in [3.05, 3.63) is 35.6 Å². The number of fused-ring (bicyclic) bond motifs is 1. The molecular formula is C15H19ClN2O3. The fourth-order valence-corrected chi connectivity index (χ4v) is 2.51. The molecule has 0 spiro atoms. The molecule has 0 bridgehead atoms. The number of hydrogen-bond acceptors (Lipinski definition) is 4. The van der Waals surface area contributed by atoms with Crippen LogP contribution in [-0.4, -0.2) is 36.8 Å². The van der Waals surface area contributed by atoms with Gasteiger partial charge in [0.15, 0.2) is 5.76 Å². The first-order chi connectivity index (χ1) is 9.63. The highest BCUT2D eigenvalue weighted by Crippen LogP contribution is 2.20. The molecule has 1 saturated heterocycles. The summed E-state index contributed by atoms with van der Waals surface area (Å²) in [5.74, 6) is 0.134. The molecule has 1 fully saturated rings. The van der Waals surface area contributed by atoms with E-state index in [-0.39, 0.29) is 24.2 Å². The van der Waals surface area contributed by atoms with Gasteiger partial charge in [0, 0.05) is 30.9 Å². The molecule has 0 aliphatic carbocycles. The topological polar surface area (TPSA) is 74.5 Å². The highest BCUT2D eigenvalue weighted by Gasteiger charge is 2.25. The highest BCUT2D eigenvalue weighted by atomic mass is 35.5. The van der Waals surface area contributed by atoms with E-state index in [0.717, 1.165) is 17.5 Å². The van der Waals surface area contributed by atoms with Gasteiger partial charge in [-0.3, -0.25) is 4.79 Å². The van der Waals surface area contributed by atoms with Gasteiger partial charge in [0.2, 0.25) is 0 Å². The van der Waals surface area contributed by atoms with Crippen LogP contribution in [0.3, 0.4) is 0 Å². The Hall–Kier alpha value is -1.56. The van der Waals surface area contributed by atoms with E-state index in [0.29, 0.717) is 24.4 Å². The molecule has 2 heterocycles. The Balaban J connectivity index is 0.00000161. The Bertz CT molecular complexity index is 641. The zero-order valence-corrected chi connectivity index (χ0v) is 12.6. The minimum Gasteiger partial charge on any atom is -0.451 e. The Kier molecular flexibility index (Phi) is 4.88. The predicted molar refractivity (Wildman–Crippen MR) is 82.9 cm³/mol. The van der Waals surface area contributed by atoms with Crippen LogP contribution in [-0.2, 0) is 0 Å². The summed E-state index contributed by atoms with van der Waals surface area (Å²) in [6, 6.07) is 7.56. The maximum Gasteiger partial charge on any atom is 0.287 e. The van der Waals surface area contributed by atoms with Gasteiger partial charge in [0.25, 0.3) is 5.91 Å². The molecule has 1 aliphatic heterocycles. The van der Waals surface area contributed by atoms with Crippen LogP contribution in [0.4, 0.5) is 0 Å². The Labute approximate surface area is 129 Å². The zero-order chi connectivity index (χ0) is 14.1. The summed E-state index contributed by atoms with van der Waals surface area (Å²) >= 11 is 0. The first-order valence-electron chi connectivity index (χ1n) is 6.80. The number of rotatable bonds is 3. The number of halogens is 1. The summed E-state index contributed by atoms with van der Waals surface area (Å²) in [5, 5.41) is 16.5. The maximum atomic E-state index is 12.1. The Morgan fingerprint density at radius 3 is 2.95 bits per heavy atom. The molecule has 5 nitrogen and oxygen atoms in total. The first kappa shape index (κ1) is 15.8. The molecule has 1 aliphatic rings. The van der Waals surface area contributed by atoms with Gasteiger partial charge in [0.05, 0.1) is 6.10 Å². The molecule has 3 N–H and O–H groups in total. The van der Waals surface area contributed by atoms with Crippen LogP contribution in [0.25, 0.3) is 11.0 Å². The molecular weight excluding hydrogens is 292 g/mol. The van der Waals surface area contributed by atoms with Gasteiger partial charge in [-0.25, -0.2) is 0 Å². The summed E-state index contributed by atoms with van der Waals surface area (Å²) in [5.41, 5.74) is 1.84. The van der Waals surface area contributed by atoms with Crippen LogP contribution in [0.2, 0.25) is 0 Å². The van der Waals surface area contributed by atoms with Gasteiger partial charge in [0.1, 0.15) is 5.58 Å². The van der Waals surface area contributed by atoms with Crippen LogP contribution >= 0.6 is 12.4 Å². The van der Waals surface area contributed by atoms with Crippen LogP contribution in [0.5, 0.6) is 0 Å². The number of carbonyl (C=O) groups is 1. The zero-order valence-electron chi connectivity index (χ0n) is 11.8. The number of carbonyl (C=O) groups excluding carboxylic acids is 1. The van der Waals surface area contributed by atoms with E-state index in [1.165, 1.54) is 0 Å². The standard InChI is InChI=1S/C15H18N2O3.ClH/c1-9-2-3-13-10(4-9)5-14(20-13)15(19)17-7-11-6-16-8-12(11)18;/h2-5,11-12,16,18H,6-8H2,1H3,(H,17,19);1H. The van der Waals surface area contributed by atoms with Gasteiger partial charge >= 0.3 is 0 Å². The van der Waals surface area contributed by atoms with Gasteiger partial charge < -0.3 is 20.2 Å². The third kappa shape index (κ3) is 3.37. The number of aliphatic hydroxyl groups excluding tert-OH is 1. The number of aryl methyl sites for hydroxylation is 1. The lowest BCUT2D eigenvalue weighted by Crippen LogP contribution is -2.34. The molecule has 114 valence electrons. The molecule has 1 amide bonds. The van der Waals surface area contributed by atoms with Crippen molar-refractivity contribution in [3.63, 3.8) is 0 Å². The van der Waals surface area contributed by atoms with Crippen LogP contribution < -0.4 is 10.6 Å². The van der Waals surface area contributed by atoms with Crippen molar-refractivity contribution < 1.29 is 14.3 Å². The molecule has 3 rings (SSSR count). The lowest BCUT2D eigenvalue weighted by molar-refractivity contribution is 0.0902. The fraction of sp³-hybridized carbons (Fsp3) is 0.400. The average molecular weight is 311 g/mol. The number of aliphatic hydroxyl groups is 1. The minimum atomic E-state index is -0.395. The molecule has 0 radical (unpaired) electrons. The fourth-order valence-electron chi connectivity index (χ4n) is 2.51. The summed E-state index contributed by atoms with van der Waals surface area (Å²) in [7, 11) is 0. The van der Waals surface area contributed by atoms with Crippen molar-refractivity contribution in [1.29, 1.82) is 0 Å². The smallest absolute Gasteiger partial charge is 0.287 e. The summed E-state index contributed by atoms with van der Waals surface area (Å²) < 4.78 is 5.54. The molecule has 2 aromatic rings. The predicted octanol–water partition coefficient (Wildman–Crippen LogP) is 1.47. The Morgan fingerprint density at radius 2 is 2.24 bits per heavy atom. The third-order valence-corrected chi connectivity index (χ3v) is 3.72. The van der Waals surface area contributed by atoms with Gasteiger partial charge in [-0.05, 0) is 25.1 Å². The molecule has 1 aromatic heterocycles. The van der Waals surface area contributed by atoms with E-state index in [1.807, 2.05) is 25.1 Å². The van der Waals surface area contributed by atoms with E-state index >= 15 is 0 Å². The summed E-state index contributed by atoms with van der Waals surface area (Å²) in [6.45, 7) is 3.76. The molecule has 2 unspecified atom stereocenters. The highest BCUT2D eigenvalue weighted by molar-refractivity contribution is 5.96. The van der Waals surface area contributed by atoms with Gasteiger partial charge in [-0.2, -0.15) is 0 Å². The van der Waals surface area contributed by atoms with E-state index in [4.69, 9.17) is 4.42 Å². The third-order valence-electron chi connectivity index (χ3n) is 3.72. The molecule has 2 atom stereocenters. The number of nitrogens with one attached hydrogen (secondary N) is 2. The lowest BCUT2D eigenvalue weighted by Gasteiger charge is -2.13. The van der Waals surface area contributed by atoms with E-state index in [9.17, 15) is 9.90 Å². The summed E-state index contributed by atoms with van der Waals surface area (Å²) in [4.78, 5) is 12.1. The average Bonchev–Trinajstić information content (AvgIpc) is 3.01. The number of hydrogen-bond donors (Lipinski definition) is 3. The molecule has 0 saturated carbocycles. The molecule has 6 heteroatoms. The lowest BCUT2D eigenvalue weighted by atomic mass is 10.1. The number of amides is 1. The number of β-amino-alcohol motifs (C(OH)–C–C–N with tert-alkyl or cyclic N) is 1. The van der Waals surface area contributed by atoms with Gasteiger partial charge in [-0.15, -0.1) is 12.4 Å². The second kappa shape index (κ2) is 6.47. The largest absolute Gasteiger partial charge is 0.451 e. The number of benzene rings is 1. The molecule has 21 heavy (non-hydrogen) atoms.